The van der Waals surface area contributed by atoms with E-state index >= 15 is 0 Å². The van der Waals surface area contributed by atoms with Crippen molar-refractivity contribution >= 4 is 5.97 Å². The van der Waals surface area contributed by atoms with Crippen LogP contribution in [0.2, 0.25) is 0 Å². The molecule has 1 unspecified atom stereocenters. The van der Waals surface area contributed by atoms with E-state index in [1.165, 1.54) is 19.3 Å². The number of aliphatic carboxylic acids is 1. The number of tetrazole rings is 1. The van der Waals surface area contributed by atoms with Gasteiger partial charge in [0, 0.05) is 19.4 Å². The highest BCUT2D eigenvalue weighted by Crippen LogP contribution is 2.09. The Kier molecular flexibility index (Phi) is 6.32. The van der Waals surface area contributed by atoms with Crippen molar-refractivity contribution < 1.29 is 9.90 Å². The molecule has 0 aliphatic rings. The van der Waals surface area contributed by atoms with Crippen molar-refractivity contribution in [3.8, 4) is 0 Å². The van der Waals surface area contributed by atoms with Crippen LogP contribution in [0, 0.1) is 5.92 Å². The molecule has 0 radical (unpaired) electrons. The van der Waals surface area contributed by atoms with Gasteiger partial charge in [0.2, 0.25) is 0 Å². The van der Waals surface area contributed by atoms with E-state index in [2.05, 4.69) is 22.4 Å². The number of rotatable bonds is 9. The molecule has 6 nitrogen and oxygen atoms in total. The maximum absolute atomic E-state index is 10.6. The van der Waals surface area contributed by atoms with Crippen molar-refractivity contribution in [1.82, 2.24) is 20.2 Å². The van der Waals surface area contributed by atoms with Gasteiger partial charge in [0.25, 0.3) is 0 Å². The second-order valence-corrected chi connectivity index (χ2v) is 4.79. The van der Waals surface area contributed by atoms with Crippen molar-refractivity contribution in [3.63, 3.8) is 0 Å². The first-order chi connectivity index (χ1) is 8.63. The van der Waals surface area contributed by atoms with Gasteiger partial charge in [-0.2, -0.15) is 0 Å². The Bertz CT molecular complexity index is 365. The van der Waals surface area contributed by atoms with E-state index in [1.54, 1.807) is 4.68 Å². The molecule has 0 saturated heterocycles. The Hall–Kier alpha value is -1.46. The van der Waals surface area contributed by atoms with E-state index in [-0.39, 0.29) is 12.3 Å². The number of nitrogens with zero attached hydrogens (tertiary/aromatic N) is 4. The summed E-state index contributed by atoms with van der Waals surface area (Å²) in [6.45, 7) is 4.65. The summed E-state index contributed by atoms with van der Waals surface area (Å²) in [5.74, 6) is 0.129. The lowest BCUT2D eigenvalue weighted by molar-refractivity contribution is -0.138. The average molecular weight is 254 g/mol. The van der Waals surface area contributed by atoms with Crippen LogP contribution in [0.1, 0.15) is 51.8 Å². The molecule has 1 rings (SSSR count). The lowest BCUT2D eigenvalue weighted by Crippen LogP contribution is -2.15. The lowest BCUT2D eigenvalue weighted by atomic mass is 10.1. The molecule has 1 heterocycles. The maximum Gasteiger partial charge on any atom is 0.303 e. The fourth-order valence-corrected chi connectivity index (χ4v) is 1.91. The first kappa shape index (κ1) is 14.6. The van der Waals surface area contributed by atoms with Gasteiger partial charge in [-0.1, -0.05) is 33.1 Å². The molecule has 0 amide bonds. The minimum absolute atomic E-state index is 0.0420. The van der Waals surface area contributed by atoms with Crippen molar-refractivity contribution in [1.29, 1.82) is 0 Å². The number of aryl methyl sites for hydroxylation is 1. The van der Waals surface area contributed by atoms with Gasteiger partial charge in [-0.25, -0.2) is 4.68 Å². The summed E-state index contributed by atoms with van der Waals surface area (Å²) in [5.41, 5.74) is 0. The Balaban J connectivity index is 2.41. The fraction of sp³-hybridized carbons (Fsp3) is 0.833. The molecule has 0 aliphatic heterocycles. The Labute approximate surface area is 107 Å². The van der Waals surface area contributed by atoms with Crippen LogP contribution >= 0.6 is 0 Å². The Morgan fingerprint density at radius 2 is 2.17 bits per heavy atom. The number of hydrogen-bond donors (Lipinski definition) is 1. The SMILES string of the molecule is CCCCCCc1nnnn1CC(C)CC(=O)O. The van der Waals surface area contributed by atoms with Gasteiger partial charge < -0.3 is 5.11 Å². The molecule has 1 N–H and O–H groups in total. The molecule has 0 aliphatic carbocycles. The molecule has 1 atom stereocenters. The molecule has 1 aromatic rings. The molecule has 0 fully saturated rings. The van der Waals surface area contributed by atoms with Crippen LogP contribution in [0.3, 0.4) is 0 Å². The number of hydrogen-bond acceptors (Lipinski definition) is 4. The molecular weight excluding hydrogens is 232 g/mol. The molecule has 0 saturated carbocycles. The van der Waals surface area contributed by atoms with Gasteiger partial charge in [-0.3, -0.25) is 4.79 Å². The van der Waals surface area contributed by atoms with Crippen LogP contribution in [0.4, 0.5) is 0 Å². The van der Waals surface area contributed by atoms with E-state index in [4.69, 9.17) is 5.11 Å². The van der Waals surface area contributed by atoms with Crippen molar-refractivity contribution in [2.75, 3.05) is 0 Å². The average Bonchev–Trinajstić information content (AvgIpc) is 2.71. The zero-order chi connectivity index (χ0) is 13.4. The summed E-state index contributed by atoms with van der Waals surface area (Å²) in [6, 6.07) is 0. The third kappa shape index (κ3) is 5.25. The summed E-state index contributed by atoms with van der Waals surface area (Å²) >= 11 is 0. The second kappa shape index (κ2) is 7.79. The van der Waals surface area contributed by atoms with Gasteiger partial charge in [0.1, 0.15) is 0 Å². The van der Waals surface area contributed by atoms with E-state index < -0.39 is 5.97 Å². The quantitative estimate of drug-likeness (QED) is 0.681. The molecule has 0 bridgehead atoms. The Morgan fingerprint density at radius 1 is 1.39 bits per heavy atom. The van der Waals surface area contributed by atoms with E-state index in [0.717, 1.165) is 18.7 Å². The highest BCUT2D eigenvalue weighted by Gasteiger charge is 2.12. The summed E-state index contributed by atoms with van der Waals surface area (Å²) in [4.78, 5) is 10.6. The van der Waals surface area contributed by atoms with Crippen LogP contribution in [0.15, 0.2) is 0 Å². The molecule has 102 valence electrons. The molecule has 0 aromatic carbocycles. The summed E-state index contributed by atoms with van der Waals surface area (Å²) in [6.07, 6.45) is 5.73. The standard InChI is InChI=1S/C12H22N4O2/c1-3-4-5-6-7-11-13-14-15-16(11)9-10(2)8-12(17)18/h10H,3-9H2,1-2H3,(H,17,18). The Morgan fingerprint density at radius 3 is 2.83 bits per heavy atom. The van der Waals surface area contributed by atoms with Crippen molar-refractivity contribution in [2.24, 2.45) is 5.92 Å². The number of carboxylic acids is 1. The highest BCUT2D eigenvalue weighted by atomic mass is 16.4. The number of carbonyl (C=O) groups is 1. The van der Waals surface area contributed by atoms with Crippen LogP contribution in [-0.4, -0.2) is 31.3 Å². The van der Waals surface area contributed by atoms with Gasteiger partial charge in [-0.15, -0.1) is 5.10 Å². The van der Waals surface area contributed by atoms with Gasteiger partial charge >= 0.3 is 5.97 Å². The third-order valence-corrected chi connectivity index (χ3v) is 2.87. The van der Waals surface area contributed by atoms with Crippen LogP contribution in [0.5, 0.6) is 0 Å². The predicted molar refractivity (Wildman–Crippen MR) is 67.1 cm³/mol. The zero-order valence-electron chi connectivity index (χ0n) is 11.2. The monoisotopic (exact) mass is 254 g/mol. The molecule has 6 heteroatoms. The number of carboxylic acid groups (broad SMARTS) is 1. The first-order valence-electron chi connectivity index (χ1n) is 6.60. The normalized spacial score (nSPS) is 12.6. The van der Waals surface area contributed by atoms with Gasteiger partial charge in [0.05, 0.1) is 0 Å². The fourth-order valence-electron chi connectivity index (χ4n) is 1.91. The zero-order valence-corrected chi connectivity index (χ0v) is 11.2. The van der Waals surface area contributed by atoms with E-state index in [0.29, 0.717) is 6.54 Å². The van der Waals surface area contributed by atoms with Crippen LogP contribution in [-0.2, 0) is 17.8 Å². The predicted octanol–water partition coefficient (Wildman–Crippen LogP) is 1.91. The topological polar surface area (TPSA) is 80.9 Å². The second-order valence-electron chi connectivity index (χ2n) is 4.79. The minimum Gasteiger partial charge on any atom is -0.481 e. The van der Waals surface area contributed by atoms with E-state index in [9.17, 15) is 4.79 Å². The first-order valence-corrected chi connectivity index (χ1v) is 6.60. The molecular formula is C12H22N4O2. The molecule has 18 heavy (non-hydrogen) atoms. The van der Waals surface area contributed by atoms with Crippen molar-refractivity contribution in [2.45, 2.75) is 58.9 Å². The molecule has 1 aromatic heterocycles. The highest BCUT2D eigenvalue weighted by molar-refractivity contribution is 5.66. The van der Waals surface area contributed by atoms with Crippen LogP contribution in [0.25, 0.3) is 0 Å². The smallest absolute Gasteiger partial charge is 0.303 e. The largest absolute Gasteiger partial charge is 0.481 e. The number of unbranched alkanes of at least 4 members (excludes halogenated alkanes) is 3. The summed E-state index contributed by atoms with van der Waals surface area (Å²) < 4.78 is 1.74. The van der Waals surface area contributed by atoms with Crippen molar-refractivity contribution in [3.05, 3.63) is 5.82 Å². The minimum atomic E-state index is -0.778. The maximum atomic E-state index is 10.6. The van der Waals surface area contributed by atoms with Crippen LogP contribution < -0.4 is 0 Å². The summed E-state index contributed by atoms with van der Waals surface area (Å²) in [7, 11) is 0. The number of aromatic nitrogens is 4. The van der Waals surface area contributed by atoms with Gasteiger partial charge in [-0.05, 0) is 22.8 Å². The summed E-state index contributed by atoms with van der Waals surface area (Å²) in [5, 5.41) is 20.3. The molecule has 0 spiro atoms. The van der Waals surface area contributed by atoms with E-state index in [1.807, 2.05) is 6.92 Å². The van der Waals surface area contributed by atoms with Gasteiger partial charge in [0.15, 0.2) is 5.82 Å². The third-order valence-electron chi connectivity index (χ3n) is 2.87. The lowest BCUT2D eigenvalue weighted by Gasteiger charge is -2.09.